The van der Waals surface area contributed by atoms with Gasteiger partial charge >= 0.3 is 5.97 Å². The topological polar surface area (TPSA) is 74.4 Å². The molecule has 2 aliphatic carbocycles. The standard InChI is InChI=1S/C21H28N2O3/c1-2-26-20(24)19-18(15-10-3-4-11-16(15)22-19)23-17-12-7-9-14-8-5-6-13-21(14,17)25/h3-4,10-11,14,17,22-23,25H,2,5-9,12-13H2,1H3/t14-,17?,21-/m1/s1. The van der Waals surface area contributed by atoms with Crippen LogP contribution < -0.4 is 5.32 Å². The van der Waals surface area contributed by atoms with E-state index in [0.29, 0.717) is 18.2 Å². The van der Waals surface area contributed by atoms with Crippen molar-refractivity contribution in [2.45, 2.75) is 63.5 Å². The Balaban J connectivity index is 1.71. The maximum Gasteiger partial charge on any atom is 0.356 e. The van der Waals surface area contributed by atoms with Crippen LogP contribution in [0.2, 0.25) is 0 Å². The van der Waals surface area contributed by atoms with Gasteiger partial charge in [0, 0.05) is 10.9 Å². The molecule has 26 heavy (non-hydrogen) atoms. The summed E-state index contributed by atoms with van der Waals surface area (Å²) >= 11 is 0. The Morgan fingerprint density at radius 1 is 1.27 bits per heavy atom. The zero-order valence-electron chi connectivity index (χ0n) is 15.4. The van der Waals surface area contributed by atoms with Crippen molar-refractivity contribution >= 4 is 22.6 Å². The summed E-state index contributed by atoms with van der Waals surface area (Å²) in [4.78, 5) is 15.7. The molecule has 0 spiro atoms. The Morgan fingerprint density at radius 2 is 2.08 bits per heavy atom. The molecule has 1 heterocycles. The van der Waals surface area contributed by atoms with Crippen LogP contribution in [0.25, 0.3) is 10.9 Å². The normalized spacial score (nSPS) is 28.5. The van der Waals surface area contributed by atoms with Gasteiger partial charge in [0.2, 0.25) is 0 Å². The van der Waals surface area contributed by atoms with Crippen molar-refractivity contribution in [2.75, 3.05) is 11.9 Å². The summed E-state index contributed by atoms with van der Waals surface area (Å²) in [6, 6.07) is 7.84. The van der Waals surface area contributed by atoms with Gasteiger partial charge < -0.3 is 20.1 Å². The molecule has 2 aliphatic rings. The largest absolute Gasteiger partial charge is 0.461 e. The number of esters is 1. The number of benzene rings is 1. The molecular weight excluding hydrogens is 328 g/mol. The number of hydrogen-bond donors (Lipinski definition) is 3. The van der Waals surface area contributed by atoms with Gasteiger partial charge in [-0.1, -0.05) is 37.5 Å². The predicted octanol–water partition coefficient (Wildman–Crippen LogP) is 4.23. The number of rotatable bonds is 4. The molecule has 2 saturated carbocycles. The number of anilines is 1. The fourth-order valence-corrected chi connectivity index (χ4v) is 4.94. The van der Waals surface area contributed by atoms with Gasteiger partial charge in [-0.15, -0.1) is 0 Å². The second-order valence-electron chi connectivity index (χ2n) is 7.70. The third-order valence-corrected chi connectivity index (χ3v) is 6.24. The number of hydrogen-bond acceptors (Lipinski definition) is 4. The minimum Gasteiger partial charge on any atom is -0.461 e. The number of aliphatic hydroxyl groups is 1. The zero-order chi connectivity index (χ0) is 18.1. The average molecular weight is 356 g/mol. The molecule has 140 valence electrons. The van der Waals surface area contributed by atoms with Gasteiger partial charge in [-0.2, -0.15) is 0 Å². The summed E-state index contributed by atoms with van der Waals surface area (Å²) < 4.78 is 5.25. The maximum atomic E-state index is 12.5. The fraction of sp³-hybridized carbons (Fsp3) is 0.571. The molecule has 1 aromatic heterocycles. The first-order valence-electron chi connectivity index (χ1n) is 9.90. The van der Waals surface area contributed by atoms with Crippen LogP contribution in [0.3, 0.4) is 0 Å². The van der Waals surface area contributed by atoms with Crippen LogP contribution in [0.5, 0.6) is 0 Å². The van der Waals surface area contributed by atoms with Crippen molar-refractivity contribution in [1.82, 2.24) is 4.98 Å². The summed E-state index contributed by atoms with van der Waals surface area (Å²) in [7, 11) is 0. The van der Waals surface area contributed by atoms with Crippen LogP contribution in [0.1, 0.15) is 62.4 Å². The summed E-state index contributed by atoms with van der Waals surface area (Å²) in [6.45, 7) is 2.15. The van der Waals surface area contributed by atoms with E-state index < -0.39 is 5.60 Å². The SMILES string of the molecule is CCOC(=O)c1[nH]c2ccccc2c1NC1CCC[C@H]2CCCC[C@]12O. The minimum atomic E-state index is -0.680. The molecule has 0 radical (unpaired) electrons. The molecule has 4 rings (SSSR count). The maximum absolute atomic E-state index is 12.5. The Hall–Kier alpha value is -2.01. The Morgan fingerprint density at radius 3 is 2.92 bits per heavy atom. The lowest BCUT2D eigenvalue weighted by molar-refractivity contribution is -0.0835. The number of carbonyl (C=O) groups excluding carboxylic acids is 1. The van der Waals surface area contributed by atoms with Crippen molar-refractivity contribution in [3.8, 4) is 0 Å². The van der Waals surface area contributed by atoms with Gasteiger partial charge in [-0.05, 0) is 44.6 Å². The number of para-hydroxylation sites is 1. The summed E-state index contributed by atoms with van der Waals surface area (Å²) in [5, 5.41) is 16.0. The number of H-pyrrole nitrogens is 1. The second kappa shape index (κ2) is 6.95. The summed E-state index contributed by atoms with van der Waals surface area (Å²) in [5.74, 6) is 0.00735. The van der Waals surface area contributed by atoms with Crippen molar-refractivity contribution in [3.05, 3.63) is 30.0 Å². The predicted molar refractivity (Wildman–Crippen MR) is 102 cm³/mol. The first-order chi connectivity index (χ1) is 12.6. The van der Waals surface area contributed by atoms with Gasteiger partial charge in [0.25, 0.3) is 0 Å². The molecule has 5 nitrogen and oxygen atoms in total. The van der Waals surface area contributed by atoms with E-state index in [-0.39, 0.29) is 12.0 Å². The molecule has 0 saturated heterocycles. The Labute approximate surface area is 154 Å². The highest BCUT2D eigenvalue weighted by molar-refractivity contribution is 6.06. The summed E-state index contributed by atoms with van der Waals surface area (Å²) in [5.41, 5.74) is 1.44. The zero-order valence-corrected chi connectivity index (χ0v) is 15.4. The molecule has 0 aliphatic heterocycles. The minimum absolute atomic E-state index is 0.0334. The Kier molecular flexibility index (Phi) is 4.65. The number of aromatic nitrogens is 1. The molecule has 1 unspecified atom stereocenters. The first-order valence-corrected chi connectivity index (χ1v) is 9.90. The van der Waals surface area contributed by atoms with Gasteiger partial charge in [0.15, 0.2) is 0 Å². The van der Waals surface area contributed by atoms with E-state index in [9.17, 15) is 9.90 Å². The van der Waals surface area contributed by atoms with E-state index in [1.54, 1.807) is 0 Å². The molecule has 2 fully saturated rings. The van der Waals surface area contributed by atoms with Crippen LogP contribution in [0, 0.1) is 5.92 Å². The lowest BCUT2D eigenvalue weighted by Crippen LogP contribution is -2.56. The van der Waals surface area contributed by atoms with Crippen molar-refractivity contribution in [2.24, 2.45) is 5.92 Å². The highest BCUT2D eigenvalue weighted by Crippen LogP contribution is 2.45. The average Bonchev–Trinajstić information content (AvgIpc) is 3.01. The third-order valence-electron chi connectivity index (χ3n) is 6.24. The van der Waals surface area contributed by atoms with E-state index >= 15 is 0 Å². The lowest BCUT2D eigenvalue weighted by Gasteiger charge is -2.49. The highest BCUT2D eigenvalue weighted by Gasteiger charge is 2.47. The third kappa shape index (κ3) is 2.88. The molecule has 2 aromatic rings. The molecule has 0 amide bonds. The first kappa shape index (κ1) is 17.4. The monoisotopic (exact) mass is 356 g/mol. The quantitative estimate of drug-likeness (QED) is 0.717. The lowest BCUT2D eigenvalue weighted by atomic mass is 9.65. The van der Waals surface area contributed by atoms with Crippen LogP contribution in [0.15, 0.2) is 24.3 Å². The van der Waals surface area contributed by atoms with Crippen LogP contribution in [-0.2, 0) is 4.74 Å². The van der Waals surface area contributed by atoms with Crippen LogP contribution in [0.4, 0.5) is 5.69 Å². The van der Waals surface area contributed by atoms with Gasteiger partial charge in [-0.25, -0.2) is 4.79 Å². The fourth-order valence-electron chi connectivity index (χ4n) is 4.94. The molecule has 3 atom stereocenters. The molecule has 0 bridgehead atoms. The molecular formula is C21H28N2O3. The molecule has 1 aromatic carbocycles. The summed E-state index contributed by atoms with van der Waals surface area (Å²) in [6.07, 6.45) is 7.37. The van der Waals surface area contributed by atoms with E-state index in [0.717, 1.165) is 55.1 Å². The molecule has 3 N–H and O–H groups in total. The van der Waals surface area contributed by atoms with E-state index in [1.807, 2.05) is 31.2 Å². The van der Waals surface area contributed by atoms with Crippen LogP contribution in [-0.4, -0.2) is 34.3 Å². The van der Waals surface area contributed by atoms with Gasteiger partial charge in [0.05, 0.1) is 23.9 Å². The number of carbonyl (C=O) groups is 1. The van der Waals surface area contributed by atoms with Gasteiger partial charge in [0.1, 0.15) is 5.69 Å². The van der Waals surface area contributed by atoms with E-state index in [4.69, 9.17) is 4.74 Å². The van der Waals surface area contributed by atoms with Gasteiger partial charge in [-0.3, -0.25) is 0 Å². The van der Waals surface area contributed by atoms with E-state index in [2.05, 4.69) is 10.3 Å². The Bertz CT molecular complexity index is 798. The van der Waals surface area contributed by atoms with Crippen molar-refractivity contribution < 1.29 is 14.6 Å². The van der Waals surface area contributed by atoms with Crippen molar-refractivity contribution in [1.29, 1.82) is 0 Å². The molecule has 5 heteroatoms. The number of nitrogens with one attached hydrogen (secondary N) is 2. The number of fused-ring (bicyclic) bond motifs is 2. The highest BCUT2D eigenvalue weighted by atomic mass is 16.5. The smallest absolute Gasteiger partial charge is 0.356 e. The number of ether oxygens (including phenoxy) is 1. The second-order valence-corrected chi connectivity index (χ2v) is 7.70. The number of aromatic amines is 1. The van der Waals surface area contributed by atoms with E-state index in [1.165, 1.54) is 6.42 Å². The van der Waals surface area contributed by atoms with Crippen LogP contribution >= 0.6 is 0 Å². The van der Waals surface area contributed by atoms with Crippen molar-refractivity contribution in [3.63, 3.8) is 0 Å².